The summed E-state index contributed by atoms with van der Waals surface area (Å²) in [5.41, 5.74) is 0.0458. The molecule has 0 rings (SSSR count). The van der Waals surface area contributed by atoms with E-state index in [-0.39, 0.29) is 12.1 Å². The van der Waals surface area contributed by atoms with Crippen molar-refractivity contribution in [2.24, 2.45) is 0 Å². The van der Waals surface area contributed by atoms with Crippen LogP contribution in [0.15, 0.2) is 0 Å². The van der Waals surface area contributed by atoms with Crippen molar-refractivity contribution < 1.29 is 9.84 Å². The van der Waals surface area contributed by atoms with Gasteiger partial charge in [-0.2, -0.15) is 0 Å². The van der Waals surface area contributed by atoms with E-state index < -0.39 is 0 Å². The molecule has 0 heterocycles. The lowest BCUT2D eigenvalue weighted by molar-refractivity contribution is 0.128. The minimum Gasteiger partial charge on any atom is -0.396 e. The van der Waals surface area contributed by atoms with Crippen LogP contribution in [0.5, 0.6) is 0 Å². The van der Waals surface area contributed by atoms with Gasteiger partial charge in [-0.25, -0.2) is 0 Å². The quantitative estimate of drug-likeness (QED) is 0.562. The number of nitrogens with one attached hydrogen (secondary N) is 1. The van der Waals surface area contributed by atoms with Crippen molar-refractivity contribution in [3.63, 3.8) is 0 Å². The summed E-state index contributed by atoms with van der Waals surface area (Å²) in [6.45, 7) is 6.15. The van der Waals surface area contributed by atoms with E-state index >= 15 is 0 Å². The Morgan fingerprint density at radius 2 is 2.00 bits per heavy atom. The molecule has 0 saturated carbocycles. The van der Waals surface area contributed by atoms with Crippen molar-refractivity contribution in [2.45, 2.75) is 32.2 Å². The zero-order valence-electron chi connectivity index (χ0n) is 8.39. The molecular weight excluding hydrogens is 154 g/mol. The van der Waals surface area contributed by atoms with Gasteiger partial charge < -0.3 is 15.2 Å². The van der Waals surface area contributed by atoms with Crippen LogP contribution in [0.3, 0.4) is 0 Å². The molecule has 0 amide bonds. The van der Waals surface area contributed by atoms with Gasteiger partial charge in [0.1, 0.15) is 0 Å². The minimum absolute atomic E-state index is 0.0458. The standard InChI is InChI=1S/C9H21NO2/c1-9(2,8-12-3)10-6-4-5-7-11/h10-11H,4-8H2,1-3H3. The number of aliphatic hydroxyl groups excluding tert-OH is 1. The fourth-order valence-electron chi connectivity index (χ4n) is 1.08. The van der Waals surface area contributed by atoms with E-state index in [2.05, 4.69) is 19.2 Å². The van der Waals surface area contributed by atoms with Crippen molar-refractivity contribution >= 4 is 0 Å². The predicted molar refractivity (Wildman–Crippen MR) is 50.3 cm³/mol. The summed E-state index contributed by atoms with van der Waals surface area (Å²) in [5, 5.41) is 11.9. The summed E-state index contributed by atoms with van der Waals surface area (Å²) in [6.07, 6.45) is 1.89. The number of aliphatic hydroxyl groups is 1. The fraction of sp³-hybridized carbons (Fsp3) is 1.00. The maximum Gasteiger partial charge on any atom is 0.0639 e. The number of ether oxygens (including phenoxy) is 1. The van der Waals surface area contributed by atoms with Gasteiger partial charge in [-0.1, -0.05) is 0 Å². The number of unbranched alkanes of at least 4 members (excludes halogenated alkanes) is 1. The highest BCUT2D eigenvalue weighted by Crippen LogP contribution is 2.01. The zero-order valence-corrected chi connectivity index (χ0v) is 8.39. The van der Waals surface area contributed by atoms with Crippen LogP contribution in [0.2, 0.25) is 0 Å². The maximum absolute atomic E-state index is 8.55. The van der Waals surface area contributed by atoms with Gasteiger partial charge in [-0.3, -0.25) is 0 Å². The molecule has 12 heavy (non-hydrogen) atoms. The molecule has 0 aromatic rings. The van der Waals surface area contributed by atoms with E-state index in [1.54, 1.807) is 7.11 Å². The molecule has 74 valence electrons. The lowest BCUT2D eigenvalue weighted by Crippen LogP contribution is -2.43. The minimum atomic E-state index is 0.0458. The van der Waals surface area contributed by atoms with Crippen LogP contribution in [0.4, 0.5) is 0 Å². The van der Waals surface area contributed by atoms with Crippen LogP contribution in [0.25, 0.3) is 0 Å². The molecule has 0 bridgehead atoms. The molecule has 2 N–H and O–H groups in total. The molecule has 0 saturated heterocycles. The number of hydrogen-bond donors (Lipinski definition) is 2. The molecule has 0 unspecified atom stereocenters. The Hall–Kier alpha value is -0.120. The lowest BCUT2D eigenvalue weighted by atomic mass is 10.1. The second-order valence-electron chi connectivity index (χ2n) is 3.67. The van der Waals surface area contributed by atoms with Crippen molar-refractivity contribution in [1.82, 2.24) is 5.32 Å². The molecule has 0 atom stereocenters. The molecule has 0 aromatic carbocycles. The molecule has 3 heteroatoms. The average molecular weight is 175 g/mol. The highest BCUT2D eigenvalue weighted by atomic mass is 16.5. The molecular formula is C9H21NO2. The summed E-state index contributed by atoms with van der Waals surface area (Å²) < 4.78 is 5.05. The van der Waals surface area contributed by atoms with E-state index in [9.17, 15) is 0 Å². The largest absolute Gasteiger partial charge is 0.396 e. The second-order valence-corrected chi connectivity index (χ2v) is 3.67. The van der Waals surface area contributed by atoms with E-state index in [1.165, 1.54) is 0 Å². The van der Waals surface area contributed by atoms with E-state index in [4.69, 9.17) is 9.84 Å². The average Bonchev–Trinajstić information content (AvgIpc) is 1.98. The van der Waals surface area contributed by atoms with E-state index in [0.717, 1.165) is 19.4 Å². The number of hydrogen-bond acceptors (Lipinski definition) is 3. The van der Waals surface area contributed by atoms with Gasteiger partial charge in [0.15, 0.2) is 0 Å². The molecule has 3 nitrogen and oxygen atoms in total. The third-order valence-corrected chi connectivity index (χ3v) is 1.69. The SMILES string of the molecule is COCC(C)(C)NCCCCO. The molecule has 0 spiro atoms. The van der Waals surface area contributed by atoms with Crippen molar-refractivity contribution in [2.75, 3.05) is 26.9 Å². The first-order valence-electron chi connectivity index (χ1n) is 4.47. The van der Waals surface area contributed by atoms with Crippen molar-refractivity contribution in [1.29, 1.82) is 0 Å². The van der Waals surface area contributed by atoms with Gasteiger partial charge in [0.2, 0.25) is 0 Å². The third kappa shape index (κ3) is 6.58. The molecule has 0 aliphatic rings. The third-order valence-electron chi connectivity index (χ3n) is 1.69. The second kappa shape index (κ2) is 6.40. The van der Waals surface area contributed by atoms with Crippen LogP contribution in [0, 0.1) is 0 Å². The Labute approximate surface area is 75.1 Å². The van der Waals surface area contributed by atoms with Crippen LogP contribution >= 0.6 is 0 Å². The Balaban J connectivity index is 3.33. The monoisotopic (exact) mass is 175 g/mol. The lowest BCUT2D eigenvalue weighted by Gasteiger charge is -2.25. The number of rotatable bonds is 7. The van der Waals surface area contributed by atoms with Crippen LogP contribution < -0.4 is 5.32 Å². The Bertz CT molecular complexity index is 105. The predicted octanol–water partition coefficient (Wildman–Crippen LogP) is 0.774. The van der Waals surface area contributed by atoms with Gasteiger partial charge in [0, 0.05) is 19.3 Å². The maximum atomic E-state index is 8.55. The summed E-state index contributed by atoms with van der Waals surface area (Å²) in [5.74, 6) is 0. The summed E-state index contributed by atoms with van der Waals surface area (Å²) in [7, 11) is 1.71. The van der Waals surface area contributed by atoms with Gasteiger partial charge in [-0.05, 0) is 33.2 Å². The van der Waals surface area contributed by atoms with Crippen molar-refractivity contribution in [3.05, 3.63) is 0 Å². The fourth-order valence-corrected chi connectivity index (χ4v) is 1.08. The molecule has 0 radical (unpaired) electrons. The van der Waals surface area contributed by atoms with Gasteiger partial charge in [-0.15, -0.1) is 0 Å². The highest BCUT2D eigenvalue weighted by molar-refractivity contribution is 4.76. The first-order chi connectivity index (χ1) is 5.62. The van der Waals surface area contributed by atoms with Gasteiger partial charge >= 0.3 is 0 Å². The normalized spacial score (nSPS) is 12.0. The van der Waals surface area contributed by atoms with Crippen LogP contribution in [0.1, 0.15) is 26.7 Å². The van der Waals surface area contributed by atoms with Crippen LogP contribution in [-0.4, -0.2) is 37.5 Å². The smallest absolute Gasteiger partial charge is 0.0639 e. The van der Waals surface area contributed by atoms with E-state index in [0.29, 0.717) is 6.61 Å². The molecule has 0 aliphatic carbocycles. The Morgan fingerprint density at radius 1 is 1.33 bits per heavy atom. The van der Waals surface area contributed by atoms with Crippen LogP contribution in [-0.2, 0) is 4.74 Å². The summed E-state index contributed by atoms with van der Waals surface area (Å²) in [6, 6.07) is 0. The first-order valence-corrected chi connectivity index (χ1v) is 4.47. The zero-order chi connectivity index (χ0) is 9.45. The first kappa shape index (κ1) is 11.9. The number of methoxy groups -OCH3 is 1. The molecule has 0 aliphatic heterocycles. The highest BCUT2D eigenvalue weighted by Gasteiger charge is 2.15. The topological polar surface area (TPSA) is 41.5 Å². The van der Waals surface area contributed by atoms with Crippen molar-refractivity contribution in [3.8, 4) is 0 Å². The summed E-state index contributed by atoms with van der Waals surface area (Å²) in [4.78, 5) is 0. The van der Waals surface area contributed by atoms with Gasteiger partial charge in [0.25, 0.3) is 0 Å². The van der Waals surface area contributed by atoms with E-state index in [1.807, 2.05) is 0 Å². The van der Waals surface area contributed by atoms with Gasteiger partial charge in [0.05, 0.1) is 6.61 Å². The molecule has 0 fully saturated rings. The summed E-state index contributed by atoms with van der Waals surface area (Å²) >= 11 is 0. The Morgan fingerprint density at radius 3 is 2.50 bits per heavy atom. The Kier molecular flexibility index (Phi) is 6.34. The molecule has 0 aromatic heterocycles.